The van der Waals surface area contributed by atoms with Crippen LogP contribution in [0.1, 0.15) is 6.42 Å². The van der Waals surface area contributed by atoms with Crippen molar-refractivity contribution in [2.45, 2.75) is 13.0 Å². The van der Waals surface area contributed by atoms with Gasteiger partial charge in [-0.05, 0) is 25.1 Å². The number of carbonyl (C=O) groups is 1. The van der Waals surface area contributed by atoms with Gasteiger partial charge in [0.25, 0.3) is 5.56 Å². The van der Waals surface area contributed by atoms with E-state index in [0.717, 1.165) is 6.07 Å². The Hall–Kier alpha value is -4.06. The maximum absolute atomic E-state index is 15.3. The molecule has 1 N–H and O–H groups in total. The highest BCUT2D eigenvalue weighted by Gasteiger charge is 2.26. The number of halogens is 2. The molecule has 0 unspecified atom stereocenters. The lowest BCUT2D eigenvalue weighted by molar-refractivity contribution is -0.127. The molecule has 0 saturated carbocycles. The Kier molecular flexibility index (Phi) is 8.20. The minimum absolute atomic E-state index is 0.0897. The number of pyridine rings is 1. The van der Waals surface area contributed by atoms with Crippen molar-refractivity contribution in [1.82, 2.24) is 24.3 Å². The number of carbonyl (C=O) groups excluding carboxylic acids is 1. The third kappa shape index (κ3) is 5.17. The maximum Gasteiger partial charge on any atom is 0.260 e. The lowest BCUT2D eigenvalue weighted by Crippen LogP contribution is -2.48. The van der Waals surface area contributed by atoms with E-state index >= 15 is 8.78 Å². The molecule has 4 rings (SSSR count). The first-order valence-electron chi connectivity index (χ1n) is 12.1. The number of anilines is 1. The van der Waals surface area contributed by atoms with Crippen molar-refractivity contribution in [2.75, 3.05) is 59.3 Å². The molecule has 202 valence electrons. The third-order valence-corrected chi connectivity index (χ3v) is 6.61. The molecule has 1 aliphatic rings. The predicted molar refractivity (Wildman–Crippen MR) is 140 cm³/mol. The van der Waals surface area contributed by atoms with Crippen molar-refractivity contribution < 1.29 is 23.0 Å². The number of rotatable bonds is 9. The number of ether oxygens (including phenoxy) is 2. The van der Waals surface area contributed by atoms with E-state index in [0.29, 0.717) is 56.1 Å². The molecule has 0 radical (unpaired) electrons. The number of fused-ring (bicyclic) bond motifs is 1. The Bertz CT molecular complexity index is 1390. The molecule has 38 heavy (non-hydrogen) atoms. The van der Waals surface area contributed by atoms with Gasteiger partial charge in [-0.15, -0.1) is 0 Å². The first kappa shape index (κ1) is 27.0. The van der Waals surface area contributed by atoms with Crippen LogP contribution in [0.5, 0.6) is 11.5 Å². The number of hydrogen-bond acceptors (Lipinski definition) is 8. The molecule has 10 nitrogen and oxygen atoms in total. The number of nitrogens with one attached hydrogen (secondary N) is 1. The number of aryl methyl sites for hydroxylation is 1. The fraction of sp³-hybridized carbons (Fsp3) is 0.385. The summed E-state index contributed by atoms with van der Waals surface area (Å²) in [5.74, 6) is -2.29. The van der Waals surface area contributed by atoms with E-state index in [9.17, 15) is 9.59 Å². The summed E-state index contributed by atoms with van der Waals surface area (Å²) in [5.41, 5.74) is -0.993. The van der Waals surface area contributed by atoms with Crippen LogP contribution < -0.4 is 20.3 Å². The van der Waals surface area contributed by atoms with Crippen molar-refractivity contribution in [3.63, 3.8) is 0 Å². The van der Waals surface area contributed by atoms with Crippen molar-refractivity contribution in [1.29, 1.82) is 0 Å². The molecule has 12 heteroatoms. The average Bonchev–Trinajstić information content (AvgIpc) is 2.94. The van der Waals surface area contributed by atoms with Gasteiger partial charge < -0.3 is 19.7 Å². The van der Waals surface area contributed by atoms with E-state index in [1.165, 1.54) is 37.1 Å². The second-order valence-electron chi connectivity index (χ2n) is 8.75. The number of piperazine rings is 1. The molecule has 2 aromatic heterocycles. The van der Waals surface area contributed by atoms with Gasteiger partial charge in [-0.2, -0.15) is 4.98 Å². The fourth-order valence-corrected chi connectivity index (χ4v) is 4.56. The summed E-state index contributed by atoms with van der Waals surface area (Å²) in [4.78, 5) is 38.1. The van der Waals surface area contributed by atoms with E-state index in [2.05, 4.69) is 26.8 Å². The minimum Gasteiger partial charge on any atom is -0.494 e. The predicted octanol–water partition coefficient (Wildman–Crippen LogP) is 2.52. The number of hydrogen-bond donors (Lipinski definition) is 1. The van der Waals surface area contributed by atoms with E-state index in [1.807, 2.05) is 0 Å². The largest absolute Gasteiger partial charge is 0.494 e. The van der Waals surface area contributed by atoms with Crippen LogP contribution >= 0.6 is 0 Å². The Balaban J connectivity index is 1.70. The zero-order valence-electron chi connectivity index (χ0n) is 21.6. The SMILES string of the molecule is C=CC(=O)N1CCN(CCCn2c(=O)c(-c3c(F)c(OC)cc(OC)c3F)cc3cnc(NC)nc32)CC1. The highest BCUT2D eigenvalue weighted by Crippen LogP contribution is 2.37. The van der Waals surface area contributed by atoms with E-state index in [4.69, 9.17) is 9.47 Å². The molecule has 1 fully saturated rings. The van der Waals surface area contributed by atoms with Gasteiger partial charge in [0.1, 0.15) is 5.65 Å². The number of benzene rings is 1. The second-order valence-corrected chi connectivity index (χ2v) is 8.75. The highest BCUT2D eigenvalue weighted by atomic mass is 19.1. The average molecular weight is 529 g/mol. The quantitative estimate of drug-likeness (QED) is 0.423. The Morgan fingerprint density at radius 2 is 1.76 bits per heavy atom. The van der Waals surface area contributed by atoms with Crippen LogP contribution in [0.3, 0.4) is 0 Å². The van der Waals surface area contributed by atoms with Crippen LogP contribution in [0.2, 0.25) is 0 Å². The van der Waals surface area contributed by atoms with E-state index < -0.39 is 22.8 Å². The molecular formula is C26H30F2N6O4. The Morgan fingerprint density at radius 3 is 2.34 bits per heavy atom. The zero-order chi connectivity index (χ0) is 27.4. The zero-order valence-corrected chi connectivity index (χ0v) is 21.6. The van der Waals surface area contributed by atoms with Gasteiger partial charge in [-0.1, -0.05) is 6.58 Å². The lowest BCUT2D eigenvalue weighted by atomic mass is 10.0. The minimum atomic E-state index is -1.01. The maximum atomic E-state index is 15.3. The molecule has 1 aliphatic heterocycles. The summed E-state index contributed by atoms with van der Waals surface area (Å²) in [6.07, 6.45) is 3.38. The van der Waals surface area contributed by atoms with Crippen LogP contribution in [0, 0.1) is 11.6 Å². The third-order valence-electron chi connectivity index (χ3n) is 6.61. The smallest absolute Gasteiger partial charge is 0.260 e. The van der Waals surface area contributed by atoms with Crippen molar-refractivity contribution in [2.24, 2.45) is 0 Å². The van der Waals surface area contributed by atoms with Gasteiger partial charge >= 0.3 is 0 Å². The van der Waals surface area contributed by atoms with Gasteiger partial charge in [0, 0.05) is 57.4 Å². The van der Waals surface area contributed by atoms with Crippen molar-refractivity contribution in [3.8, 4) is 22.6 Å². The van der Waals surface area contributed by atoms with Gasteiger partial charge in [0.05, 0.1) is 25.3 Å². The molecule has 1 aromatic carbocycles. The van der Waals surface area contributed by atoms with Crippen LogP contribution in [-0.4, -0.2) is 84.2 Å². The topological polar surface area (TPSA) is 102 Å². The van der Waals surface area contributed by atoms with Gasteiger partial charge in [-0.25, -0.2) is 13.8 Å². The molecule has 1 amide bonds. The summed E-state index contributed by atoms with van der Waals surface area (Å²) < 4.78 is 42.2. The number of aromatic nitrogens is 3. The van der Waals surface area contributed by atoms with Crippen molar-refractivity contribution >= 4 is 22.9 Å². The van der Waals surface area contributed by atoms with Gasteiger partial charge in [0.15, 0.2) is 23.1 Å². The normalized spacial score (nSPS) is 14.0. The Labute approximate surface area is 218 Å². The van der Waals surface area contributed by atoms with E-state index in [-0.39, 0.29) is 29.5 Å². The van der Waals surface area contributed by atoms with Crippen LogP contribution in [0.25, 0.3) is 22.2 Å². The summed E-state index contributed by atoms with van der Waals surface area (Å²) in [7, 11) is 4.15. The van der Waals surface area contributed by atoms with Crippen LogP contribution in [0.4, 0.5) is 14.7 Å². The molecular weight excluding hydrogens is 498 g/mol. The summed E-state index contributed by atoms with van der Waals surface area (Å²) >= 11 is 0. The fourth-order valence-electron chi connectivity index (χ4n) is 4.56. The highest BCUT2D eigenvalue weighted by molar-refractivity contribution is 5.87. The summed E-state index contributed by atoms with van der Waals surface area (Å²) in [6, 6.07) is 2.47. The molecule has 0 spiro atoms. The number of amides is 1. The molecule has 0 aliphatic carbocycles. The molecule has 0 bridgehead atoms. The van der Waals surface area contributed by atoms with Crippen LogP contribution in [-0.2, 0) is 11.3 Å². The molecule has 3 heterocycles. The Morgan fingerprint density at radius 1 is 1.11 bits per heavy atom. The first-order valence-corrected chi connectivity index (χ1v) is 12.1. The molecule has 0 atom stereocenters. The lowest BCUT2D eigenvalue weighted by Gasteiger charge is -2.34. The summed E-state index contributed by atoms with van der Waals surface area (Å²) in [6.45, 7) is 7.02. The van der Waals surface area contributed by atoms with Crippen molar-refractivity contribution in [3.05, 3.63) is 53.0 Å². The van der Waals surface area contributed by atoms with Crippen LogP contribution in [0.15, 0.2) is 35.8 Å². The standard InChI is InChI=1S/C26H30F2N6O4/c1-5-20(35)33-11-9-32(10-12-33)7-6-8-34-24-16(15-30-26(29-2)31-24)13-17(25(34)36)21-22(27)18(37-3)14-19(38-4)23(21)28/h5,13-15H,1,6-12H2,2-4H3,(H,29,30,31). The molecule has 1 saturated heterocycles. The second kappa shape index (κ2) is 11.5. The number of methoxy groups -OCH3 is 2. The number of nitrogens with zero attached hydrogens (tertiary/aromatic N) is 5. The van der Waals surface area contributed by atoms with E-state index in [1.54, 1.807) is 11.9 Å². The summed E-state index contributed by atoms with van der Waals surface area (Å²) in [5, 5.41) is 3.29. The monoisotopic (exact) mass is 528 g/mol. The first-order chi connectivity index (χ1) is 18.3. The van der Waals surface area contributed by atoms with Gasteiger partial charge in [0.2, 0.25) is 11.9 Å². The molecule has 3 aromatic rings. The van der Waals surface area contributed by atoms with Gasteiger partial charge in [-0.3, -0.25) is 19.1 Å².